The van der Waals surface area contributed by atoms with Gasteiger partial charge in [-0.2, -0.15) is 0 Å². The normalized spacial score (nSPS) is 25.9. The van der Waals surface area contributed by atoms with E-state index in [1.54, 1.807) is 13.3 Å². The van der Waals surface area contributed by atoms with E-state index in [4.69, 9.17) is 4.74 Å². The third kappa shape index (κ3) is 4.08. The third-order valence-corrected chi connectivity index (χ3v) is 9.32. The van der Waals surface area contributed by atoms with Crippen LogP contribution in [-0.4, -0.2) is 65.7 Å². The van der Waals surface area contributed by atoms with Crippen molar-refractivity contribution < 1.29 is 13.2 Å². The third-order valence-electron chi connectivity index (χ3n) is 7.10. The number of sulfone groups is 1. The Morgan fingerprint density at radius 2 is 2.00 bits per heavy atom. The molecule has 0 aromatic carbocycles. The summed E-state index contributed by atoms with van der Waals surface area (Å²) in [6.45, 7) is 1.56. The maximum absolute atomic E-state index is 13.1. The van der Waals surface area contributed by atoms with Crippen molar-refractivity contribution in [2.24, 2.45) is 0 Å². The molecule has 3 aromatic heterocycles. The number of likely N-dealkylation sites (tertiary alicyclic amines) is 1. The predicted octanol–water partition coefficient (Wildman–Crippen LogP) is 3.62. The van der Waals surface area contributed by atoms with Crippen LogP contribution in [0.1, 0.15) is 50.0 Å². The average molecular weight is 443 g/mol. The molecule has 2 aliphatic rings. The molecule has 0 spiro atoms. The lowest BCUT2D eigenvalue weighted by molar-refractivity contribution is 0.0378. The number of ether oxygens (including phenoxy) is 1. The van der Waals surface area contributed by atoms with Gasteiger partial charge in [0.05, 0.1) is 23.1 Å². The number of hydrogen-bond acceptors (Lipinski definition) is 6. The standard InChI is InChI=1S/C23H30N4O3S/c1-30-17-3-2-12-27(14-17)15-31(28,29)18-6-4-16(5-7-18)19-8-10-24-21-13-26-23-20(22(19)21)9-11-25-23/h8-11,13,16-18,24H,2-7,12,14-15H2,1H3. The molecule has 1 saturated carbocycles. The largest absolute Gasteiger partial charge is 0.380 e. The number of rotatable bonds is 5. The zero-order chi connectivity index (χ0) is 21.4. The zero-order valence-corrected chi connectivity index (χ0v) is 18.8. The molecule has 0 amide bonds. The number of hydrogen-bond donors (Lipinski definition) is 1. The fourth-order valence-electron chi connectivity index (χ4n) is 5.44. The van der Waals surface area contributed by atoms with Crippen molar-refractivity contribution in [2.45, 2.75) is 55.8 Å². The fraction of sp³-hybridized carbons (Fsp3) is 0.565. The van der Waals surface area contributed by atoms with E-state index in [-0.39, 0.29) is 17.2 Å². The van der Waals surface area contributed by atoms with E-state index in [0.717, 1.165) is 68.2 Å². The van der Waals surface area contributed by atoms with Gasteiger partial charge in [0.2, 0.25) is 0 Å². The Kier molecular flexibility index (Phi) is 5.71. The minimum Gasteiger partial charge on any atom is -0.380 e. The Labute approximate surface area is 183 Å². The van der Waals surface area contributed by atoms with E-state index in [1.165, 1.54) is 10.9 Å². The van der Waals surface area contributed by atoms with E-state index in [9.17, 15) is 8.42 Å². The molecule has 0 bridgehead atoms. The highest BCUT2D eigenvalue weighted by molar-refractivity contribution is 7.91. The highest BCUT2D eigenvalue weighted by Gasteiger charge is 2.34. The van der Waals surface area contributed by atoms with Gasteiger partial charge >= 0.3 is 0 Å². The van der Waals surface area contributed by atoms with Crippen LogP contribution >= 0.6 is 0 Å². The summed E-state index contributed by atoms with van der Waals surface area (Å²) in [6, 6.07) is 4.16. The Balaban J connectivity index is 1.31. The second-order valence-corrected chi connectivity index (χ2v) is 11.3. The molecule has 5 rings (SSSR count). The van der Waals surface area contributed by atoms with Crippen molar-refractivity contribution in [3.05, 3.63) is 36.3 Å². The Bertz CT molecular complexity index is 1170. The first kappa shape index (κ1) is 20.8. The summed E-state index contributed by atoms with van der Waals surface area (Å²) in [5, 5.41) is 2.00. The van der Waals surface area contributed by atoms with Crippen LogP contribution in [0.5, 0.6) is 0 Å². The first-order valence-electron chi connectivity index (χ1n) is 11.2. The van der Waals surface area contributed by atoms with Crippen LogP contribution in [0.2, 0.25) is 0 Å². The van der Waals surface area contributed by atoms with Gasteiger partial charge in [0.15, 0.2) is 15.5 Å². The van der Waals surface area contributed by atoms with Crippen molar-refractivity contribution in [2.75, 3.05) is 26.1 Å². The number of aromatic amines is 1. The molecule has 166 valence electrons. The Hall–Kier alpha value is -2.03. The Morgan fingerprint density at radius 1 is 1.16 bits per heavy atom. The number of fused-ring (bicyclic) bond motifs is 3. The van der Waals surface area contributed by atoms with Gasteiger partial charge in [-0.1, -0.05) is 0 Å². The first-order chi connectivity index (χ1) is 15.0. The molecule has 1 atom stereocenters. The SMILES string of the molecule is COC1CCCN(CS(=O)(=O)C2CCC(c3cc[nH]c4cnc5nccc5c34)CC2)C1. The lowest BCUT2D eigenvalue weighted by Crippen LogP contribution is -2.44. The number of aromatic nitrogens is 3. The molecule has 1 aliphatic carbocycles. The van der Waals surface area contributed by atoms with Crippen molar-refractivity contribution in [1.82, 2.24) is 19.9 Å². The first-order valence-corrected chi connectivity index (χ1v) is 12.9. The second-order valence-electron chi connectivity index (χ2n) is 9.00. The molecular weight excluding hydrogens is 412 g/mol. The molecule has 1 aliphatic heterocycles. The van der Waals surface area contributed by atoms with Gasteiger partial charge in [0.25, 0.3) is 0 Å². The highest BCUT2D eigenvalue weighted by Crippen LogP contribution is 2.39. The number of H-pyrrole nitrogens is 1. The monoisotopic (exact) mass is 442 g/mol. The molecule has 3 aromatic rings. The molecule has 7 nitrogen and oxygen atoms in total. The van der Waals surface area contributed by atoms with E-state index < -0.39 is 9.84 Å². The molecule has 4 heterocycles. The fourth-order valence-corrected chi connectivity index (χ4v) is 7.39. The van der Waals surface area contributed by atoms with Gasteiger partial charge < -0.3 is 9.72 Å². The zero-order valence-electron chi connectivity index (χ0n) is 18.0. The van der Waals surface area contributed by atoms with Crippen LogP contribution in [0.25, 0.3) is 21.9 Å². The molecule has 2 fully saturated rings. The lowest BCUT2D eigenvalue weighted by atomic mass is 9.82. The van der Waals surface area contributed by atoms with E-state index in [0.29, 0.717) is 5.92 Å². The molecule has 1 saturated heterocycles. The molecular formula is C23H30N4O3S. The Morgan fingerprint density at radius 3 is 2.81 bits per heavy atom. The van der Waals surface area contributed by atoms with Crippen molar-refractivity contribution in [3.8, 4) is 0 Å². The van der Waals surface area contributed by atoms with E-state index >= 15 is 0 Å². The van der Waals surface area contributed by atoms with Crippen molar-refractivity contribution in [3.63, 3.8) is 0 Å². The van der Waals surface area contributed by atoms with Crippen LogP contribution in [0, 0.1) is 0 Å². The molecule has 1 N–H and O–H groups in total. The predicted molar refractivity (Wildman–Crippen MR) is 122 cm³/mol. The molecule has 8 heteroatoms. The molecule has 0 radical (unpaired) electrons. The quantitative estimate of drug-likeness (QED) is 0.649. The van der Waals surface area contributed by atoms with Crippen LogP contribution < -0.4 is 0 Å². The van der Waals surface area contributed by atoms with Crippen LogP contribution in [0.15, 0.2) is 30.7 Å². The average Bonchev–Trinajstić information content (AvgIpc) is 3.28. The topological polar surface area (TPSA) is 88.2 Å². The number of nitrogens with zero attached hydrogens (tertiary/aromatic N) is 3. The number of pyridine rings is 2. The summed E-state index contributed by atoms with van der Waals surface area (Å²) >= 11 is 0. The summed E-state index contributed by atoms with van der Waals surface area (Å²) in [4.78, 5) is 14.1. The summed E-state index contributed by atoms with van der Waals surface area (Å²) in [6.07, 6.45) is 11.0. The lowest BCUT2D eigenvalue weighted by Gasteiger charge is -2.34. The van der Waals surface area contributed by atoms with Crippen LogP contribution in [0.4, 0.5) is 0 Å². The maximum atomic E-state index is 13.1. The van der Waals surface area contributed by atoms with Gasteiger partial charge in [-0.3, -0.25) is 4.90 Å². The van der Waals surface area contributed by atoms with E-state index in [1.807, 2.05) is 18.5 Å². The van der Waals surface area contributed by atoms with E-state index in [2.05, 4.69) is 25.9 Å². The number of piperidine rings is 1. The molecule has 1 unspecified atom stereocenters. The van der Waals surface area contributed by atoms with Gasteiger partial charge in [0.1, 0.15) is 5.88 Å². The summed E-state index contributed by atoms with van der Waals surface area (Å²) in [5.74, 6) is 0.522. The number of methoxy groups -OCH3 is 1. The van der Waals surface area contributed by atoms with Gasteiger partial charge in [-0.15, -0.1) is 0 Å². The smallest absolute Gasteiger partial charge is 0.166 e. The highest BCUT2D eigenvalue weighted by atomic mass is 32.2. The van der Waals surface area contributed by atoms with Crippen molar-refractivity contribution >= 4 is 31.8 Å². The second kappa shape index (κ2) is 8.48. The maximum Gasteiger partial charge on any atom is 0.166 e. The van der Waals surface area contributed by atoms with Crippen LogP contribution in [-0.2, 0) is 14.6 Å². The summed E-state index contributed by atoms with van der Waals surface area (Å²) in [7, 11) is -1.43. The number of nitrogens with one attached hydrogen (secondary N) is 1. The minimum atomic E-state index is -3.14. The van der Waals surface area contributed by atoms with Crippen molar-refractivity contribution in [1.29, 1.82) is 0 Å². The van der Waals surface area contributed by atoms with Gasteiger partial charge in [-0.05, 0) is 68.7 Å². The van der Waals surface area contributed by atoms with Gasteiger partial charge in [-0.25, -0.2) is 18.4 Å². The van der Waals surface area contributed by atoms with Crippen LogP contribution in [0.3, 0.4) is 0 Å². The minimum absolute atomic E-state index is 0.153. The molecule has 31 heavy (non-hydrogen) atoms. The summed E-state index contributed by atoms with van der Waals surface area (Å²) in [5.41, 5.74) is 3.05. The summed E-state index contributed by atoms with van der Waals surface area (Å²) < 4.78 is 31.7. The van der Waals surface area contributed by atoms with Gasteiger partial charge in [0, 0.05) is 36.8 Å².